The smallest absolute Gasteiger partial charge is 0.264 e. The number of nitrogens with zero attached hydrogens (tertiary/aromatic N) is 3. The topological polar surface area (TPSA) is 107 Å². The number of thiophene rings is 1. The van der Waals surface area contributed by atoms with Crippen molar-refractivity contribution in [1.29, 1.82) is 0 Å². The molecular weight excluding hydrogens is 472 g/mol. The Kier molecular flexibility index (Phi) is 5.42. The zero-order valence-electron chi connectivity index (χ0n) is 16.7. The molecule has 1 saturated heterocycles. The van der Waals surface area contributed by atoms with Gasteiger partial charge in [0, 0.05) is 41.8 Å². The van der Waals surface area contributed by atoms with Gasteiger partial charge in [0.2, 0.25) is 0 Å². The predicted molar refractivity (Wildman–Crippen MR) is 124 cm³/mol. The van der Waals surface area contributed by atoms with Crippen LogP contribution < -0.4 is 0 Å². The second-order valence-electron chi connectivity index (χ2n) is 7.56. The van der Waals surface area contributed by atoms with Gasteiger partial charge < -0.3 is 15.0 Å². The Labute approximate surface area is 193 Å². The molecule has 4 aromatic rings. The van der Waals surface area contributed by atoms with Crippen LogP contribution in [0.4, 0.5) is 0 Å². The van der Waals surface area contributed by atoms with Crippen molar-refractivity contribution >= 4 is 60.0 Å². The number of aliphatic hydroxyl groups is 1. The Bertz CT molecular complexity index is 1400. The first kappa shape index (κ1) is 21.4. The molecule has 0 aliphatic carbocycles. The van der Waals surface area contributed by atoms with Gasteiger partial charge in [-0.15, -0.1) is 11.3 Å². The molecule has 1 aliphatic heterocycles. The molecule has 1 atom stereocenters. The molecular formula is C21H19ClN4O4S2. The Morgan fingerprint density at radius 2 is 2.09 bits per heavy atom. The van der Waals surface area contributed by atoms with Gasteiger partial charge in [0.25, 0.3) is 15.9 Å². The van der Waals surface area contributed by atoms with Crippen LogP contribution in [0, 0.1) is 0 Å². The molecule has 4 heterocycles. The molecule has 1 aliphatic rings. The van der Waals surface area contributed by atoms with E-state index < -0.39 is 16.1 Å². The van der Waals surface area contributed by atoms with Crippen molar-refractivity contribution in [3.8, 4) is 0 Å². The van der Waals surface area contributed by atoms with Crippen LogP contribution >= 0.6 is 22.9 Å². The largest absolute Gasteiger partial charge is 0.394 e. The minimum absolute atomic E-state index is 0.00381. The van der Waals surface area contributed by atoms with Crippen LogP contribution in [0.5, 0.6) is 0 Å². The number of aromatic nitrogens is 2. The summed E-state index contributed by atoms with van der Waals surface area (Å²) in [5.41, 5.74) is 1.36. The number of carbonyl (C=O) groups excluding carboxylic acids is 1. The third kappa shape index (κ3) is 3.67. The van der Waals surface area contributed by atoms with Crippen LogP contribution in [0.3, 0.4) is 0 Å². The number of sulfonamides is 1. The number of aliphatic hydroxyl groups excluding tert-OH is 1. The Morgan fingerprint density at radius 3 is 2.88 bits per heavy atom. The molecule has 166 valence electrons. The second kappa shape index (κ2) is 8.13. The number of halogens is 1. The van der Waals surface area contributed by atoms with E-state index in [4.69, 9.17) is 11.6 Å². The molecule has 8 nitrogen and oxygen atoms in total. The van der Waals surface area contributed by atoms with E-state index in [1.165, 1.54) is 15.6 Å². The highest BCUT2D eigenvalue weighted by Crippen LogP contribution is 2.28. The number of hydrogen-bond acceptors (Lipinski definition) is 6. The van der Waals surface area contributed by atoms with Crippen molar-refractivity contribution in [1.82, 2.24) is 19.2 Å². The first-order valence-corrected chi connectivity index (χ1v) is 12.5. The molecule has 32 heavy (non-hydrogen) atoms. The van der Waals surface area contributed by atoms with Gasteiger partial charge in [-0.25, -0.2) is 8.42 Å². The third-order valence-corrected chi connectivity index (χ3v) is 8.69. The SMILES string of the molecule is O=C(c1cc2ncccc2s1)N1CCN(S(=O)(=O)c2cc3ccc(Cl)cc3[nH]2)CC1CO. The highest BCUT2D eigenvalue weighted by molar-refractivity contribution is 7.89. The number of amides is 1. The molecule has 1 unspecified atom stereocenters. The summed E-state index contributed by atoms with van der Waals surface area (Å²) in [7, 11) is -3.84. The maximum absolute atomic E-state index is 13.2. The summed E-state index contributed by atoms with van der Waals surface area (Å²) in [5.74, 6) is -0.232. The number of H-pyrrole nitrogens is 1. The molecule has 3 aromatic heterocycles. The van der Waals surface area contributed by atoms with Gasteiger partial charge in [-0.3, -0.25) is 9.78 Å². The van der Waals surface area contributed by atoms with Crippen molar-refractivity contribution in [3.05, 3.63) is 58.6 Å². The monoisotopic (exact) mass is 490 g/mol. The standard InChI is InChI=1S/C21H19ClN4O4S2/c22-14-4-3-13-8-20(24-16(13)9-14)32(29,30)25-6-7-26(15(11-25)12-27)21(28)19-10-17-18(31-19)2-1-5-23-17/h1-5,8-10,15,24,27H,6-7,11-12H2. The molecule has 2 N–H and O–H groups in total. The van der Waals surface area contributed by atoms with Crippen LogP contribution in [-0.2, 0) is 10.0 Å². The van der Waals surface area contributed by atoms with E-state index in [9.17, 15) is 18.3 Å². The molecule has 11 heteroatoms. The number of nitrogens with one attached hydrogen (secondary N) is 1. The fourth-order valence-electron chi connectivity index (χ4n) is 3.94. The summed E-state index contributed by atoms with van der Waals surface area (Å²) in [6, 6.07) is 11.5. The zero-order chi connectivity index (χ0) is 22.5. The fraction of sp³-hybridized carbons (Fsp3) is 0.238. The lowest BCUT2D eigenvalue weighted by Gasteiger charge is -2.39. The third-order valence-electron chi connectivity index (χ3n) is 5.59. The predicted octanol–water partition coefficient (Wildman–Crippen LogP) is 2.94. The van der Waals surface area contributed by atoms with Gasteiger partial charge in [-0.1, -0.05) is 17.7 Å². The second-order valence-corrected chi connectivity index (χ2v) is 11.0. The summed E-state index contributed by atoms with van der Waals surface area (Å²) in [4.78, 5) is 22.4. The lowest BCUT2D eigenvalue weighted by Crippen LogP contribution is -2.57. The molecule has 0 bridgehead atoms. The lowest BCUT2D eigenvalue weighted by atomic mass is 10.2. The minimum atomic E-state index is -3.84. The van der Waals surface area contributed by atoms with Gasteiger partial charge in [-0.2, -0.15) is 4.31 Å². The van der Waals surface area contributed by atoms with Crippen molar-refractivity contribution < 1.29 is 18.3 Å². The molecule has 0 spiro atoms. The number of aromatic amines is 1. The summed E-state index contributed by atoms with van der Waals surface area (Å²) in [5, 5.41) is 11.2. The van der Waals surface area contributed by atoms with E-state index in [1.807, 2.05) is 12.1 Å². The van der Waals surface area contributed by atoms with Crippen molar-refractivity contribution in [2.75, 3.05) is 26.2 Å². The van der Waals surface area contributed by atoms with Gasteiger partial charge in [0.15, 0.2) is 0 Å². The van der Waals surface area contributed by atoms with Gasteiger partial charge in [0.1, 0.15) is 5.03 Å². The number of rotatable bonds is 4. The normalized spacial score (nSPS) is 17.9. The van der Waals surface area contributed by atoms with Crippen LogP contribution in [0.2, 0.25) is 5.02 Å². The van der Waals surface area contributed by atoms with E-state index in [-0.39, 0.29) is 37.2 Å². The van der Waals surface area contributed by atoms with Crippen molar-refractivity contribution in [2.24, 2.45) is 0 Å². The summed E-state index contributed by atoms with van der Waals surface area (Å²) < 4.78 is 28.7. The number of pyridine rings is 1. The summed E-state index contributed by atoms with van der Waals surface area (Å²) in [6.07, 6.45) is 1.67. The van der Waals surface area contributed by atoms with E-state index in [0.717, 1.165) is 15.6 Å². The van der Waals surface area contributed by atoms with Crippen molar-refractivity contribution in [3.63, 3.8) is 0 Å². The Balaban J connectivity index is 1.39. The van der Waals surface area contributed by atoms with Gasteiger partial charge in [0.05, 0.1) is 27.7 Å². The van der Waals surface area contributed by atoms with E-state index in [0.29, 0.717) is 15.4 Å². The Hall–Kier alpha value is -2.50. The van der Waals surface area contributed by atoms with Gasteiger partial charge in [-0.05, 0) is 36.4 Å². The molecule has 0 saturated carbocycles. The highest BCUT2D eigenvalue weighted by atomic mass is 35.5. The number of hydrogen-bond donors (Lipinski definition) is 2. The zero-order valence-corrected chi connectivity index (χ0v) is 19.1. The molecule has 1 amide bonds. The molecule has 5 rings (SSSR count). The molecule has 1 aromatic carbocycles. The number of benzene rings is 1. The first-order valence-electron chi connectivity index (χ1n) is 9.91. The fourth-order valence-corrected chi connectivity index (χ4v) is 6.57. The quantitative estimate of drug-likeness (QED) is 0.457. The van der Waals surface area contributed by atoms with Gasteiger partial charge >= 0.3 is 0 Å². The van der Waals surface area contributed by atoms with Crippen LogP contribution in [0.25, 0.3) is 21.1 Å². The van der Waals surface area contributed by atoms with E-state index >= 15 is 0 Å². The number of fused-ring (bicyclic) bond motifs is 2. The maximum Gasteiger partial charge on any atom is 0.264 e. The number of carbonyl (C=O) groups is 1. The van der Waals surface area contributed by atoms with E-state index in [1.54, 1.807) is 41.4 Å². The lowest BCUT2D eigenvalue weighted by molar-refractivity contribution is 0.0443. The first-order chi connectivity index (χ1) is 15.4. The average Bonchev–Trinajstić information content (AvgIpc) is 3.42. The maximum atomic E-state index is 13.2. The number of piperazine rings is 1. The van der Waals surface area contributed by atoms with E-state index in [2.05, 4.69) is 9.97 Å². The minimum Gasteiger partial charge on any atom is -0.394 e. The highest BCUT2D eigenvalue weighted by Gasteiger charge is 2.37. The summed E-state index contributed by atoms with van der Waals surface area (Å²) >= 11 is 7.34. The van der Waals surface area contributed by atoms with Crippen LogP contribution in [0.1, 0.15) is 9.67 Å². The molecule has 0 radical (unpaired) electrons. The summed E-state index contributed by atoms with van der Waals surface area (Å²) in [6.45, 7) is -0.0338. The Morgan fingerprint density at radius 1 is 1.25 bits per heavy atom. The van der Waals surface area contributed by atoms with Crippen LogP contribution in [0.15, 0.2) is 53.7 Å². The average molecular weight is 491 g/mol. The molecule has 1 fully saturated rings. The van der Waals surface area contributed by atoms with Crippen LogP contribution in [-0.4, -0.2) is 70.9 Å². The van der Waals surface area contributed by atoms with Crippen molar-refractivity contribution in [2.45, 2.75) is 11.1 Å².